The fraction of sp³-hybridized carbons (Fsp3) is 0.200. The van der Waals surface area contributed by atoms with E-state index in [-0.39, 0.29) is 5.69 Å². The molecule has 0 radical (unpaired) electrons. The van der Waals surface area contributed by atoms with Crippen molar-refractivity contribution in [1.82, 2.24) is 0 Å². The van der Waals surface area contributed by atoms with Crippen molar-refractivity contribution in [3.05, 3.63) is 23.8 Å². The summed E-state index contributed by atoms with van der Waals surface area (Å²) in [5.74, 6) is -1.97. The van der Waals surface area contributed by atoms with E-state index >= 15 is 0 Å². The number of hydrogen-bond acceptors (Lipinski definition) is 2. The van der Waals surface area contributed by atoms with Gasteiger partial charge in [0, 0.05) is 0 Å². The SMILES string of the molecule is NC(N)=NC(N)=Nc1ccc(OC(F)F)c(C(F)(F)F)c1. The summed E-state index contributed by atoms with van der Waals surface area (Å²) in [4.78, 5) is 6.80. The maximum Gasteiger partial charge on any atom is 0.420 e. The third kappa shape index (κ3) is 5.12. The van der Waals surface area contributed by atoms with E-state index in [0.29, 0.717) is 12.1 Å². The number of ether oxygens (including phenoxy) is 1. The number of nitrogens with zero attached hydrogens (tertiary/aromatic N) is 2. The van der Waals surface area contributed by atoms with Crippen molar-refractivity contribution in [3.63, 3.8) is 0 Å². The van der Waals surface area contributed by atoms with Crippen molar-refractivity contribution in [1.29, 1.82) is 0 Å². The van der Waals surface area contributed by atoms with Crippen molar-refractivity contribution < 1.29 is 26.7 Å². The minimum atomic E-state index is -4.92. The van der Waals surface area contributed by atoms with E-state index in [4.69, 9.17) is 17.2 Å². The molecule has 0 aliphatic carbocycles. The first-order valence-electron chi connectivity index (χ1n) is 5.19. The van der Waals surface area contributed by atoms with Crippen LogP contribution in [0.15, 0.2) is 28.2 Å². The number of nitrogens with two attached hydrogens (primary N) is 3. The third-order valence-electron chi connectivity index (χ3n) is 1.97. The largest absolute Gasteiger partial charge is 0.434 e. The molecule has 0 atom stereocenters. The number of alkyl halides is 5. The topological polar surface area (TPSA) is 112 Å². The molecule has 1 aromatic carbocycles. The molecule has 6 nitrogen and oxygen atoms in total. The Labute approximate surface area is 115 Å². The van der Waals surface area contributed by atoms with Gasteiger partial charge in [0.05, 0.1) is 11.3 Å². The lowest BCUT2D eigenvalue weighted by Crippen LogP contribution is -2.26. The minimum Gasteiger partial charge on any atom is -0.434 e. The Bertz CT molecular complexity index is 565. The zero-order chi connectivity index (χ0) is 16.2. The lowest BCUT2D eigenvalue weighted by Gasteiger charge is -2.13. The number of halogens is 5. The zero-order valence-corrected chi connectivity index (χ0v) is 10.2. The Morgan fingerprint density at radius 3 is 2.24 bits per heavy atom. The highest BCUT2D eigenvalue weighted by atomic mass is 19.4. The number of hydrogen-bond donors (Lipinski definition) is 3. The first kappa shape index (κ1) is 16.5. The van der Waals surface area contributed by atoms with Crippen LogP contribution in [0.25, 0.3) is 0 Å². The fourth-order valence-corrected chi connectivity index (χ4v) is 1.30. The van der Waals surface area contributed by atoms with Crippen molar-refractivity contribution in [3.8, 4) is 5.75 Å². The Hall–Kier alpha value is -2.59. The molecule has 1 aromatic rings. The quantitative estimate of drug-likeness (QED) is 0.446. The van der Waals surface area contributed by atoms with Gasteiger partial charge in [-0.2, -0.15) is 26.9 Å². The summed E-state index contributed by atoms with van der Waals surface area (Å²) in [5.41, 5.74) is 13.6. The molecule has 0 spiro atoms. The molecule has 0 aliphatic heterocycles. The summed E-state index contributed by atoms with van der Waals surface area (Å²) in [7, 11) is 0. The second-order valence-electron chi connectivity index (χ2n) is 3.56. The van der Waals surface area contributed by atoms with Gasteiger partial charge in [0.15, 0.2) is 5.96 Å². The summed E-state index contributed by atoms with van der Waals surface area (Å²) in [5, 5.41) is 0. The smallest absolute Gasteiger partial charge is 0.420 e. The van der Waals surface area contributed by atoms with Crippen LogP contribution >= 0.6 is 0 Å². The maximum absolute atomic E-state index is 12.8. The molecule has 11 heteroatoms. The second kappa shape index (κ2) is 6.24. The Balaban J connectivity index is 3.25. The van der Waals surface area contributed by atoms with Gasteiger partial charge in [-0.1, -0.05) is 0 Å². The Kier molecular flexibility index (Phi) is 4.89. The van der Waals surface area contributed by atoms with Gasteiger partial charge in [-0.05, 0) is 18.2 Å². The second-order valence-corrected chi connectivity index (χ2v) is 3.56. The molecule has 1 rings (SSSR count). The number of guanidine groups is 2. The van der Waals surface area contributed by atoms with Gasteiger partial charge in [-0.15, -0.1) is 0 Å². The highest BCUT2D eigenvalue weighted by Gasteiger charge is 2.35. The summed E-state index contributed by atoms with van der Waals surface area (Å²) < 4.78 is 66.2. The molecule has 6 N–H and O–H groups in total. The Morgan fingerprint density at radius 1 is 1.14 bits per heavy atom. The van der Waals surface area contributed by atoms with Gasteiger partial charge in [-0.25, -0.2) is 4.99 Å². The molecule has 0 amide bonds. The molecule has 0 aliphatic rings. The van der Waals surface area contributed by atoms with E-state index < -0.39 is 36.0 Å². The van der Waals surface area contributed by atoms with Crippen molar-refractivity contribution in [2.75, 3.05) is 0 Å². The van der Waals surface area contributed by atoms with Gasteiger partial charge < -0.3 is 21.9 Å². The Morgan fingerprint density at radius 2 is 1.76 bits per heavy atom. The van der Waals surface area contributed by atoms with E-state index in [2.05, 4.69) is 14.7 Å². The van der Waals surface area contributed by atoms with Crippen LogP contribution < -0.4 is 21.9 Å². The van der Waals surface area contributed by atoms with E-state index in [0.717, 1.165) is 6.07 Å². The molecule has 0 aromatic heterocycles. The number of aliphatic imine (C=N–C) groups is 2. The van der Waals surface area contributed by atoms with E-state index in [1.807, 2.05) is 0 Å². The van der Waals surface area contributed by atoms with Gasteiger partial charge in [-0.3, -0.25) is 0 Å². The molecule has 0 saturated heterocycles. The molecule has 21 heavy (non-hydrogen) atoms. The molecule has 0 heterocycles. The van der Waals surface area contributed by atoms with Crippen LogP contribution in [-0.2, 0) is 6.18 Å². The highest BCUT2D eigenvalue weighted by Crippen LogP contribution is 2.39. The minimum absolute atomic E-state index is 0.286. The van der Waals surface area contributed by atoms with Gasteiger partial charge in [0.1, 0.15) is 5.75 Å². The first-order chi connectivity index (χ1) is 9.59. The summed E-state index contributed by atoms with van der Waals surface area (Å²) >= 11 is 0. The lowest BCUT2D eigenvalue weighted by molar-refractivity contribution is -0.141. The summed E-state index contributed by atoms with van der Waals surface area (Å²) in [6.07, 6.45) is -4.92. The van der Waals surface area contributed by atoms with Crippen LogP contribution in [-0.4, -0.2) is 18.5 Å². The predicted molar refractivity (Wildman–Crippen MR) is 65.2 cm³/mol. The first-order valence-corrected chi connectivity index (χ1v) is 5.19. The molecule has 0 unspecified atom stereocenters. The molecular weight excluding hydrogens is 301 g/mol. The average molecular weight is 311 g/mol. The summed E-state index contributed by atoms with van der Waals surface area (Å²) in [6, 6.07) is 2.16. The number of rotatable bonds is 3. The normalized spacial score (nSPS) is 12.4. The van der Waals surface area contributed by atoms with Crippen LogP contribution in [0.3, 0.4) is 0 Å². The average Bonchev–Trinajstić information content (AvgIpc) is 2.27. The fourth-order valence-electron chi connectivity index (χ4n) is 1.30. The van der Waals surface area contributed by atoms with Gasteiger partial charge in [0.25, 0.3) is 0 Å². The van der Waals surface area contributed by atoms with Crippen LogP contribution in [0.4, 0.5) is 27.6 Å². The standard InChI is InChI=1S/C10H10F5N5O/c11-7(12)21-6-2-1-4(3-5(6)10(13,14)15)19-9(18)20-8(16)17/h1-3,7H,(H6,16,17,18,19,20). The molecule has 0 saturated carbocycles. The predicted octanol–water partition coefficient (Wildman–Crippen LogP) is 1.53. The van der Waals surface area contributed by atoms with Crippen LogP contribution in [0.1, 0.15) is 5.56 Å². The van der Waals surface area contributed by atoms with Crippen molar-refractivity contribution in [2.24, 2.45) is 27.2 Å². The van der Waals surface area contributed by atoms with Crippen molar-refractivity contribution >= 4 is 17.6 Å². The molecule has 0 bridgehead atoms. The maximum atomic E-state index is 12.8. The third-order valence-corrected chi connectivity index (χ3v) is 1.97. The van der Waals surface area contributed by atoms with E-state index in [9.17, 15) is 22.0 Å². The lowest BCUT2D eigenvalue weighted by atomic mass is 10.1. The van der Waals surface area contributed by atoms with Gasteiger partial charge in [0.2, 0.25) is 5.96 Å². The summed E-state index contributed by atoms with van der Waals surface area (Å²) in [6.45, 7) is -3.40. The molecular formula is C10H10F5N5O. The highest BCUT2D eigenvalue weighted by molar-refractivity contribution is 5.93. The molecule has 0 fully saturated rings. The van der Waals surface area contributed by atoms with Crippen LogP contribution in [0.5, 0.6) is 5.75 Å². The van der Waals surface area contributed by atoms with Crippen LogP contribution in [0, 0.1) is 0 Å². The zero-order valence-electron chi connectivity index (χ0n) is 10.2. The van der Waals surface area contributed by atoms with Gasteiger partial charge >= 0.3 is 12.8 Å². The number of benzene rings is 1. The van der Waals surface area contributed by atoms with E-state index in [1.54, 1.807) is 0 Å². The monoisotopic (exact) mass is 311 g/mol. The van der Waals surface area contributed by atoms with Crippen LogP contribution in [0.2, 0.25) is 0 Å². The van der Waals surface area contributed by atoms with Crippen molar-refractivity contribution in [2.45, 2.75) is 12.8 Å². The van der Waals surface area contributed by atoms with E-state index in [1.165, 1.54) is 0 Å². The molecule has 116 valence electrons.